The number of rotatable bonds is 0. The summed E-state index contributed by atoms with van der Waals surface area (Å²) in [6.07, 6.45) is 0. The van der Waals surface area contributed by atoms with Gasteiger partial charge in [-0.3, -0.25) is 4.68 Å². The first kappa shape index (κ1) is 11.4. The van der Waals surface area contributed by atoms with E-state index >= 15 is 0 Å². The molecule has 0 spiro atoms. The lowest BCUT2D eigenvalue weighted by Crippen LogP contribution is -2.12. The van der Waals surface area contributed by atoms with Crippen molar-refractivity contribution in [3.05, 3.63) is 28.7 Å². The fourth-order valence-corrected chi connectivity index (χ4v) is 1.97. The number of fused-ring (bicyclic) bond motifs is 1. The molecule has 0 unspecified atom stereocenters. The summed E-state index contributed by atoms with van der Waals surface area (Å²) < 4.78 is 15.1. The summed E-state index contributed by atoms with van der Waals surface area (Å²) in [6, 6.07) is 3.08. The normalized spacial score (nSPS) is 12.4. The fourth-order valence-electron chi connectivity index (χ4n) is 1.81. The predicted molar refractivity (Wildman–Crippen MR) is 64.4 cm³/mol. The van der Waals surface area contributed by atoms with Crippen molar-refractivity contribution in [2.75, 3.05) is 0 Å². The van der Waals surface area contributed by atoms with Crippen molar-refractivity contribution >= 4 is 22.5 Å². The highest BCUT2D eigenvalue weighted by Crippen LogP contribution is 2.31. The molecule has 1 aromatic carbocycles. The van der Waals surface area contributed by atoms with E-state index in [1.807, 2.05) is 7.05 Å². The number of aryl methyl sites for hydroxylation is 1. The molecule has 2 nitrogen and oxygen atoms in total. The number of benzene rings is 1. The number of aromatic nitrogens is 2. The molecular formula is C12H14ClFN2. The van der Waals surface area contributed by atoms with Gasteiger partial charge in [-0.1, -0.05) is 32.4 Å². The minimum atomic E-state index is -0.405. The average molecular weight is 241 g/mol. The van der Waals surface area contributed by atoms with E-state index in [2.05, 4.69) is 25.9 Å². The Morgan fingerprint density at radius 3 is 2.50 bits per heavy atom. The van der Waals surface area contributed by atoms with Gasteiger partial charge >= 0.3 is 0 Å². The summed E-state index contributed by atoms with van der Waals surface area (Å²) in [6.45, 7) is 6.23. The highest BCUT2D eigenvalue weighted by atomic mass is 35.5. The van der Waals surface area contributed by atoms with Crippen molar-refractivity contribution in [3.8, 4) is 0 Å². The molecule has 0 atom stereocenters. The van der Waals surface area contributed by atoms with Crippen molar-refractivity contribution in [1.29, 1.82) is 0 Å². The number of halogens is 2. The summed E-state index contributed by atoms with van der Waals surface area (Å²) in [5.74, 6) is -0.405. The van der Waals surface area contributed by atoms with Gasteiger partial charge in [-0.05, 0) is 6.07 Å². The Balaban J connectivity index is 2.84. The highest BCUT2D eigenvalue weighted by Gasteiger charge is 2.22. The van der Waals surface area contributed by atoms with Crippen molar-refractivity contribution in [3.63, 3.8) is 0 Å². The van der Waals surface area contributed by atoms with Crippen molar-refractivity contribution in [2.24, 2.45) is 7.05 Å². The van der Waals surface area contributed by atoms with E-state index in [1.165, 1.54) is 6.07 Å². The van der Waals surface area contributed by atoms with Gasteiger partial charge in [0.05, 0.1) is 16.2 Å². The summed E-state index contributed by atoms with van der Waals surface area (Å²) in [7, 11) is 1.81. The molecule has 0 aliphatic heterocycles. The topological polar surface area (TPSA) is 17.8 Å². The van der Waals surface area contributed by atoms with Crippen LogP contribution in [-0.2, 0) is 12.5 Å². The SMILES string of the molecule is Cn1nc(C(C)(C)C)c2cc(Cl)c(F)cc21. The Labute approximate surface area is 99.0 Å². The maximum Gasteiger partial charge on any atom is 0.143 e. The Bertz CT molecular complexity index is 552. The third-order valence-electron chi connectivity index (χ3n) is 2.60. The molecule has 16 heavy (non-hydrogen) atoms. The van der Waals surface area contributed by atoms with E-state index in [0.29, 0.717) is 0 Å². The Morgan fingerprint density at radius 2 is 1.94 bits per heavy atom. The van der Waals surface area contributed by atoms with Crippen LogP contribution >= 0.6 is 11.6 Å². The Kier molecular flexibility index (Phi) is 2.46. The van der Waals surface area contributed by atoms with E-state index in [-0.39, 0.29) is 10.4 Å². The average Bonchev–Trinajstić information content (AvgIpc) is 2.45. The van der Waals surface area contributed by atoms with Crippen LogP contribution in [0.5, 0.6) is 0 Å². The minimum Gasteiger partial charge on any atom is -0.268 e. The molecule has 0 N–H and O–H groups in total. The molecule has 0 bridgehead atoms. The summed E-state index contributed by atoms with van der Waals surface area (Å²) in [5.41, 5.74) is 1.62. The van der Waals surface area contributed by atoms with Gasteiger partial charge < -0.3 is 0 Å². The molecule has 0 aliphatic carbocycles. The molecule has 1 aromatic heterocycles. The van der Waals surface area contributed by atoms with Crippen LogP contribution in [0.1, 0.15) is 26.5 Å². The maximum atomic E-state index is 13.4. The molecule has 2 rings (SSSR count). The molecule has 2 aromatic rings. The molecule has 0 radical (unpaired) electrons. The van der Waals surface area contributed by atoms with E-state index in [9.17, 15) is 4.39 Å². The quantitative estimate of drug-likeness (QED) is 0.687. The monoisotopic (exact) mass is 240 g/mol. The first-order valence-corrected chi connectivity index (χ1v) is 5.51. The predicted octanol–water partition coefficient (Wildman–Crippen LogP) is 3.66. The van der Waals surface area contributed by atoms with Gasteiger partial charge in [0.1, 0.15) is 5.82 Å². The van der Waals surface area contributed by atoms with Gasteiger partial charge in [-0.2, -0.15) is 5.10 Å². The zero-order valence-corrected chi connectivity index (χ0v) is 10.6. The Hall–Kier alpha value is -1.09. The lowest BCUT2D eigenvalue weighted by molar-refractivity contribution is 0.558. The number of hydrogen-bond donors (Lipinski definition) is 0. The van der Waals surface area contributed by atoms with E-state index < -0.39 is 5.82 Å². The van der Waals surface area contributed by atoms with E-state index in [0.717, 1.165) is 16.6 Å². The lowest BCUT2D eigenvalue weighted by atomic mass is 9.90. The molecule has 1 heterocycles. The van der Waals surface area contributed by atoms with Gasteiger partial charge in [-0.25, -0.2) is 4.39 Å². The van der Waals surface area contributed by atoms with Crippen LogP contribution in [0.2, 0.25) is 5.02 Å². The molecule has 4 heteroatoms. The fraction of sp³-hybridized carbons (Fsp3) is 0.417. The lowest BCUT2D eigenvalue weighted by Gasteiger charge is -2.15. The van der Waals surface area contributed by atoms with Crippen LogP contribution in [0.25, 0.3) is 10.9 Å². The second-order valence-corrected chi connectivity index (χ2v) is 5.41. The summed E-state index contributed by atoms with van der Waals surface area (Å²) >= 11 is 5.81. The summed E-state index contributed by atoms with van der Waals surface area (Å²) in [5, 5.41) is 5.50. The summed E-state index contributed by atoms with van der Waals surface area (Å²) in [4.78, 5) is 0. The van der Waals surface area contributed by atoms with Crippen LogP contribution in [-0.4, -0.2) is 9.78 Å². The van der Waals surface area contributed by atoms with Crippen molar-refractivity contribution in [1.82, 2.24) is 9.78 Å². The zero-order valence-electron chi connectivity index (χ0n) is 9.81. The number of nitrogens with zero attached hydrogens (tertiary/aromatic N) is 2. The molecule has 0 aliphatic rings. The van der Waals surface area contributed by atoms with Gasteiger partial charge in [0.2, 0.25) is 0 Å². The van der Waals surface area contributed by atoms with Crippen LogP contribution in [0, 0.1) is 5.82 Å². The van der Waals surface area contributed by atoms with Crippen LogP contribution < -0.4 is 0 Å². The van der Waals surface area contributed by atoms with Gasteiger partial charge in [0, 0.05) is 23.9 Å². The van der Waals surface area contributed by atoms with Crippen LogP contribution in [0.15, 0.2) is 12.1 Å². The Morgan fingerprint density at radius 1 is 1.31 bits per heavy atom. The molecule has 0 fully saturated rings. The second kappa shape index (κ2) is 3.45. The minimum absolute atomic E-state index is 0.0827. The maximum absolute atomic E-state index is 13.4. The zero-order chi connectivity index (χ0) is 12.1. The van der Waals surface area contributed by atoms with Crippen LogP contribution in [0.3, 0.4) is 0 Å². The third-order valence-corrected chi connectivity index (χ3v) is 2.89. The van der Waals surface area contributed by atoms with Gasteiger partial charge in [0.15, 0.2) is 0 Å². The second-order valence-electron chi connectivity index (χ2n) is 5.01. The van der Waals surface area contributed by atoms with E-state index in [4.69, 9.17) is 11.6 Å². The first-order valence-electron chi connectivity index (χ1n) is 5.13. The molecule has 0 amide bonds. The third kappa shape index (κ3) is 1.69. The van der Waals surface area contributed by atoms with Crippen molar-refractivity contribution < 1.29 is 4.39 Å². The highest BCUT2D eigenvalue weighted by molar-refractivity contribution is 6.31. The standard InChI is InChI=1S/C12H14ClFN2/c1-12(2,3)11-7-5-8(13)9(14)6-10(7)16(4)15-11/h5-6H,1-4H3. The molecule has 0 saturated heterocycles. The van der Waals surface area contributed by atoms with Crippen molar-refractivity contribution in [2.45, 2.75) is 26.2 Å². The largest absolute Gasteiger partial charge is 0.268 e. The van der Waals surface area contributed by atoms with E-state index in [1.54, 1.807) is 10.7 Å². The van der Waals surface area contributed by atoms with Gasteiger partial charge in [0.25, 0.3) is 0 Å². The van der Waals surface area contributed by atoms with Gasteiger partial charge in [-0.15, -0.1) is 0 Å². The molecular weight excluding hydrogens is 227 g/mol. The smallest absolute Gasteiger partial charge is 0.143 e. The molecule has 86 valence electrons. The molecule has 0 saturated carbocycles. The number of hydrogen-bond acceptors (Lipinski definition) is 1. The van der Waals surface area contributed by atoms with Crippen LogP contribution in [0.4, 0.5) is 4.39 Å². The first-order chi connectivity index (χ1) is 7.30.